The zero-order chi connectivity index (χ0) is 17.8. The molecule has 3 aromatic rings. The quantitative estimate of drug-likeness (QED) is 0.640. The van der Waals surface area contributed by atoms with Crippen molar-refractivity contribution >= 4 is 0 Å². The van der Waals surface area contributed by atoms with Crippen LogP contribution in [0.2, 0.25) is 0 Å². The molecule has 0 radical (unpaired) electrons. The number of nitrogens with zero attached hydrogens (tertiary/aromatic N) is 4. The smallest absolute Gasteiger partial charge is 0.158 e. The standard InChI is InChI=1S/C21H26N4O/c1-2-24-13-11-22-21(24)20-19(18-8-4-3-5-9-18)23-16-25(20)12-6-7-17-10-14-26-15-17/h3-5,8-9,11,13,16-17H,2,6-7,10,12,14-15H2,1H3/t17-/m0/s1. The van der Waals surface area contributed by atoms with Crippen molar-refractivity contribution < 1.29 is 4.74 Å². The van der Waals surface area contributed by atoms with Gasteiger partial charge in [0.05, 0.1) is 12.0 Å². The lowest BCUT2D eigenvalue weighted by Crippen LogP contribution is -2.07. The fourth-order valence-corrected chi connectivity index (χ4v) is 3.74. The lowest BCUT2D eigenvalue weighted by Gasteiger charge is -2.13. The second-order valence-corrected chi connectivity index (χ2v) is 6.91. The fraction of sp³-hybridized carbons (Fsp3) is 0.429. The van der Waals surface area contributed by atoms with Crippen LogP contribution in [0.1, 0.15) is 26.2 Å². The molecule has 0 N–H and O–H groups in total. The van der Waals surface area contributed by atoms with Gasteiger partial charge in [0.2, 0.25) is 0 Å². The predicted octanol–water partition coefficient (Wildman–Crippen LogP) is 4.25. The van der Waals surface area contributed by atoms with E-state index in [1.807, 2.05) is 24.8 Å². The molecule has 3 heterocycles. The fourth-order valence-electron chi connectivity index (χ4n) is 3.74. The third kappa shape index (κ3) is 3.44. The van der Waals surface area contributed by atoms with Crippen LogP contribution in [0.5, 0.6) is 0 Å². The molecule has 0 unspecified atom stereocenters. The average molecular weight is 350 g/mol. The normalized spacial score (nSPS) is 17.0. The van der Waals surface area contributed by atoms with Crippen LogP contribution in [0.3, 0.4) is 0 Å². The van der Waals surface area contributed by atoms with Crippen LogP contribution >= 0.6 is 0 Å². The van der Waals surface area contributed by atoms with Gasteiger partial charge in [-0.05, 0) is 32.1 Å². The van der Waals surface area contributed by atoms with Crippen LogP contribution in [-0.4, -0.2) is 32.3 Å². The first kappa shape index (κ1) is 17.0. The van der Waals surface area contributed by atoms with Gasteiger partial charge in [-0.15, -0.1) is 0 Å². The Morgan fingerprint density at radius 3 is 2.81 bits per heavy atom. The number of aromatic nitrogens is 4. The van der Waals surface area contributed by atoms with Gasteiger partial charge in [-0.1, -0.05) is 30.3 Å². The van der Waals surface area contributed by atoms with E-state index in [-0.39, 0.29) is 0 Å². The Balaban J connectivity index is 1.64. The van der Waals surface area contributed by atoms with E-state index in [1.54, 1.807) is 0 Å². The monoisotopic (exact) mass is 350 g/mol. The van der Waals surface area contributed by atoms with Crippen molar-refractivity contribution in [3.8, 4) is 22.8 Å². The predicted molar refractivity (Wildman–Crippen MR) is 103 cm³/mol. The summed E-state index contributed by atoms with van der Waals surface area (Å²) in [5.41, 5.74) is 3.26. The van der Waals surface area contributed by atoms with E-state index in [0.29, 0.717) is 5.92 Å². The second-order valence-electron chi connectivity index (χ2n) is 6.91. The number of imidazole rings is 2. The molecule has 136 valence electrons. The lowest BCUT2D eigenvalue weighted by molar-refractivity contribution is 0.183. The summed E-state index contributed by atoms with van der Waals surface area (Å²) >= 11 is 0. The first-order valence-electron chi connectivity index (χ1n) is 9.56. The van der Waals surface area contributed by atoms with Gasteiger partial charge in [0.1, 0.15) is 5.69 Å². The van der Waals surface area contributed by atoms with Crippen LogP contribution in [0.25, 0.3) is 22.8 Å². The summed E-state index contributed by atoms with van der Waals surface area (Å²) < 4.78 is 9.96. The Morgan fingerprint density at radius 2 is 2.04 bits per heavy atom. The highest BCUT2D eigenvalue weighted by molar-refractivity contribution is 5.75. The number of hydrogen-bond donors (Lipinski definition) is 0. The van der Waals surface area contributed by atoms with Crippen molar-refractivity contribution in [2.45, 2.75) is 39.3 Å². The molecular weight excluding hydrogens is 324 g/mol. The minimum absolute atomic E-state index is 0.716. The number of hydrogen-bond acceptors (Lipinski definition) is 3. The van der Waals surface area contributed by atoms with Crippen molar-refractivity contribution in [1.29, 1.82) is 0 Å². The summed E-state index contributed by atoms with van der Waals surface area (Å²) in [6.07, 6.45) is 9.43. The summed E-state index contributed by atoms with van der Waals surface area (Å²) in [7, 11) is 0. The maximum Gasteiger partial charge on any atom is 0.158 e. The molecule has 5 nitrogen and oxygen atoms in total. The molecule has 4 rings (SSSR count). The van der Waals surface area contributed by atoms with E-state index < -0.39 is 0 Å². The van der Waals surface area contributed by atoms with Gasteiger partial charge < -0.3 is 13.9 Å². The molecule has 0 saturated carbocycles. The molecule has 2 aromatic heterocycles. The molecule has 0 aliphatic carbocycles. The molecule has 0 bridgehead atoms. The molecule has 5 heteroatoms. The van der Waals surface area contributed by atoms with Gasteiger partial charge in [0.25, 0.3) is 0 Å². The maximum absolute atomic E-state index is 5.50. The third-order valence-electron chi connectivity index (χ3n) is 5.19. The van der Waals surface area contributed by atoms with E-state index in [0.717, 1.165) is 55.5 Å². The van der Waals surface area contributed by atoms with E-state index in [4.69, 9.17) is 9.72 Å². The summed E-state index contributed by atoms with van der Waals surface area (Å²) in [6, 6.07) is 10.4. The van der Waals surface area contributed by atoms with Crippen molar-refractivity contribution in [3.63, 3.8) is 0 Å². The number of aryl methyl sites for hydroxylation is 2. The van der Waals surface area contributed by atoms with Crippen LogP contribution in [0.4, 0.5) is 0 Å². The molecule has 1 saturated heterocycles. The molecular formula is C21H26N4O. The molecule has 1 fully saturated rings. The zero-order valence-electron chi connectivity index (χ0n) is 15.3. The maximum atomic E-state index is 5.50. The number of benzene rings is 1. The SMILES string of the molecule is CCn1ccnc1-c1c(-c2ccccc2)ncn1CCC[C@H]1CCOC1. The highest BCUT2D eigenvalue weighted by Crippen LogP contribution is 2.31. The first-order chi connectivity index (χ1) is 12.9. The van der Waals surface area contributed by atoms with Crippen LogP contribution in [0.15, 0.2) is 49.1 Å². The zero-order valence-corrected chi connectivity index (χ0v) is 15.3. The molecule has 0 amide bonds. The molecule has 1 atom stereocenters. The topological polar surface area (TPSA) is 44.9 Å². The molecule has 26 heavy (non-hydrogen) atoms. The van der Waals surface area contributed by atoms with Crippen molar-refractivity contribution in [3.05, 3.63) is 49.1 Å². The first-order valence-corrected chi connectivity index (χ1v) is 9.56. The summed E-state index contributed by atoms with van der Waals surface area (Å²) in [5, 5.41) is 0. The van der Waals surface area contributed by atoms with Gasteiger partial charge >= 0.3 is 0 Å². The highest BCUT2D eigenvalue weighted by Gasteiger charge is 2.20. The van der Waals surface area contributed by atoms with Crippen molar-refractivity contribution in [2.75, 3.05) is 13.2 Å². The molecule has 1 aliphatic rings. The van der Waals surface area contributed by atoms with Gasteiger partial charge in [-0.25, -0.2) is 9.97 Å². The van der Waals surface area contributed by atoms with E-state index in [1.165, 1.54) is 12.8 Å². The minimum atomic E-state index is 0.716. The molecule has 1 aromatic carbocycles. The Bertz CT molecular complexity index is 831. The summed E-state index contributed by atoms with van der Waals surface area (Å²) in [4.78, 5) is 9.40. The summed E-state index contributed by atoms with van der Waals surface area (Å²) in [6.45, 7) is 5.85. The summed E-state index contributed by atoms with van der Waals surface area (Å²) in [5.74, 6) is 1.71. The van der Waals surface area contributed by atoms with Crippen molar-refractivity contribution in [2.24, 2.45) is 5.92 Å². The Kier molecular flexibility index (Phi) is 5.16. The molecule has 0 spiro atoms. The third-order valence-corrected chi connectivity index (χ3v) is 5.19. The Hall–Kier alpha value is -2.40. The lowest BCUT2D eigenvalue weighted by atomic mass is 10.0. The highest BCUT2D eigenvalue weighted by atomic mass is 16.5. The van der Waals surface area contributed by atoms with Gasteiger partial charge in [-0.3, -0.25) is 0 Å². The van der Waals surface area contributed by atoms with Crippen molar-refractivity contribution in [1.82, 2.24) is 19.1 Å². The minimum Gasteiger partial charge on any atom is -0.381 e. The number of ether oxygens (including phenoxy) is 1. The number of rotatable bonds is 7. The van der Waals surface area contributed by atoms with Gasteiger partial charge in [-0.2, -0.15) is 0 Å². The average Bonchev–Trinajstić information content (AvgIpc) is 3.42. The van der Waals surface area contributed by atoms with E-state index >= 15 is 0 Å². The Morgan fingerprint density at radius 1 is 1.15 bits per heavy atom. The van der Waals surface area contributed by atoms with Crippen LogP contribution in [-0.2, 0) is 17.8 Å². The Labute approximate surface area is 154 Å². The largest absolute Gasteiger partial charge is 0.381 e. The van der Waals surface area contributed by atoms with Gasteiger partial charge in [0.15, 0.2) is 5.82 Å². The van der Waals surface area contributed by atoms with Gasteiger partial charge in [0, 0.05) is 44.3 Å². The molecule has 1 aliphatic heterocycles. The van der Waals surface area contributed by atoms with Crippen LogP contribution in [0, 0.1) is 5.92 Å². The van der Waals surface area contributed by atoms with Crippen LogP contribution < -0.4 is 0 Å². The van der Waals surface area contributed by atoms with E-state index in [2.05, 4.69) is 45.3 Å². The second kappa shape index (κ2) is 7.87. The van der Waals surface area contributed by atoms with E-state index in [9.17, 15) is 0 Å².